The first-order valence-electron chi connectivity index (χ1n) is 9.88. The Labute approximate surface area is 171 Å². The quantitative estimate of drug-likeness (QED) is 0.437. The van der Waals surface area contributed by atoms with Gasteiger partial charge in [0.05, 0.1) is 5.60 Å². The van der Waals surface area contributed by atoms with E-state index in [0.717, 1.165) is 5.56 Å². The number of allylic oxidation sites excluding steroid dienone is 1. The summed E-state index contributed by atoms with van der Waals surface area (Å²) in [5.74, 6) is -2.51. The van der Waals surface area contributed by atoms with Crippen LogP contribution in [0.4, 0.5) is 0 Å². The molecule has 2 aliphatic rings. The van der Waals surface area contributed by atoms with Crippen LogP contribution in [0.2, 0.25) is 0 Å². The molecule has 0 spiro atoms. The molecule has 0 unspecified atom stereocenters. The average molecular weight is 400 g/mol. The number of carbonyl (C=O) groups excluding carboxylic acids is 3. The van der Waals surface area contributed by atoms with Crippen LogP contribution in [0.15, 0.2) is 42.0 Å². The number of esters is 2. The number of benzene rings is 1. The minimum atomic E-state index is -1.88. The van der Waals surface area contributed by atoms with Crippen molar-refractivity contribution in [2.24, 2.45) is 5.92 Å². The van der Waals surface area contributed by atoms with Gasteiger partial charge in [-0.25, -0.2) is 4.79 Å². The molecule has 0 aliphatic carbocycles. The summed E-state index contributed by atoms with van der Waals surface area (Å²) in [5.41, 5.74) is -2.53. The Morgan fingerprint density at radius 2 is 1.90 bits per heavy atom. The van der Waals surface area contributed by atoms with Gasteiger partial charge < -0.3 is 14.2 Å². The third-order valence-corrected chi connectivity index (χ3v) is 5.41. The first kappa shape index (κ1) is 21.2. The van der Waals surface area contributed by atoms with Crippen molar-refractivity contribution in [2.45, 2.75) is 70.9 Å². The zero-order valence-corrected chi connectivity index (χ0v) is 17.6. The van der Waals surface area contributed by atoms with Gasteiger partial charge in [-0.3, -0.25) is 9.59 Å². The predicted octanol–water partition coefficient (Wildman–Crippen LogP) is 3.52. The summed E-state index contributed by atoms with van der Waals surface area (Å²) in [6.45, 7) is 8.73. The van der Waals surface area contributed by atoms with Crippen LogP contribution in [-0.2, 0) is 35.2 Å². The molecule has 0 amide bonds. The van der Waals surface area contributed by atoms with Crippen LogP contribution in [-0.4, -0.2) is 34.5 Å². The van der Waals surface area contributed by atoms with Crippen LogP contribution in [0.1, 0.15) is 53.0 Å². The van der Waals surface area contributed by atoms with Gasteiger partial charge in [-0.2, -0.15) is 0 Å². The van der Waals surface area contributed by atoms with E-state index in [2.05, 4.69) is 0 Å². The van der Waals surface area contributed by atoms with Gasteiger partial charge in [0.15, 0.2) is 5.78 Å². The number of ketones is 1. The zero-order valence-electron chi connectivity index (χ0n) is 17.6. The number of Topliss-reactive ketones (excluding diaryl/α,β-unsaturated/α-hetero) is 1. The molecule has 29 heavy (non-hydrogen) atoms. The van der Waals surface area contributed by atoms with Gasteiger partial charge in [0.1, 0.15) is 18.1 Å². The summed E-state index contributed by atoms with van der Waals surface area (Å²) in [6, 6.07) is 9.34. The van der Waals surface area contributed by atoms with E-state index < -0.39 is 34.7 Å². The lowest BCUT2D eigenvalue weighted by atomic mass is 9.81. The van der Waals surface area contributed by atoms with Gasteiger partial charge in [0, 0.05) is 6.42 Å². The maximum absolute atomic E-state index is 13.1. The molecule has 0 saturated carbocycles. The summed E-state index contributed by atoms with van der Waals surface area (Å²) in [5, 5.41) is 0. The van der Waals surface area contributed by atoms with E-state index in [1.54, 1.807) is 40.7 Å². The van der Waals surface area contributed by atoms with Crippen LogP contribution in [0.3, 0.4) is 0 Å². The normalized spacial score (nSPS) is 30.3. The minimum absolute atomic E-state index is 0.108. The SMILES string of the molecule is C/C=C1\[C@H](C(=O)OCc2ccccc2)[C@@]2(C)CCC(=O)[C@]1(C(=O)OC(C)(C)C)O2. The summed E-state index contributed by atoms with van der Waals surface area (Å²) < 4.78 is 17.2. The summed E-state index contributed by atoms with van der Waals surface area (Å²) >= 11 is 0. The zero-order chi connectivity index (χ0) is 21.4. The fourth-order valence-electron chi connectivity index (χ4n) is 4.13. The Kier molecular flexibility index (Phi) is 5.43. The molecule has 1 aromatic carbocycles. The molecule has 2 fully saturated rings. The fourth-order valence-corrected chi connectivity index (χ4v) is 4.13. The number of hydrogen-bond donors (Lipinski definition) is 0. The molecule has 6 nitrogen and oxygen atoms in total. The topological polar surface area (TPSA) is 78.9 Å². The van der Waals surface area contributed by atoms with Crippen LogP contribution in [0.25, 0.3) is 0 Å². The molecule has 0 radical (unpaired) electrons. The monoisotopic (exact) mass is 400 g/mol. The highest BCUT2D eigenvalue weighted by molar-refractivity contribution is 6.13. The highest BCUT2D eigenvalue weighted by Crippen LogP contribution is 2.54. The van der Waals surface area contributed by atoms with Crippen molar-refractivity contribution in [3.05, 3.63) is 47.5 Å². The fraction of sp³-hybridized carbons (Fsp3) is 0.522. The van der Waals surface area contributed by atoms with Crippen LogP contribution >= 0.6 is 0 Å². The Morgan fingerprint density at radius 3 is 2.48 bits per heavy atom. The van der Waals surface area contributed by atoms with E-state index >= 15 is 0 Å². The van der Waals surface area contributed by atoms with Crippen molar-refractivity contribution in [1.29, 1.82) is 0 Å². The maximum atomic E-state index is 13.1. The Balaban J connectivity index is 1.93. The largest absolute Gasteiger partial charge is 0.460 e. The molecule has 2 aliphatic heterocycles. The molecule has 6 heteroatoms. The predicted molar refractivity (Wildman–Crippen MR) is 106 cm³/mol. The minimum Gasteiger partial charge on any atom is -0.460 e. The second kappa shape index (κ2) is 7.41. The van der Waals surface area contributed by atoms with Gasteiger partial charge in [0.25, 0.3) is 0 Å². The van der Waals surface area contributed by atoms with Crippen LogP contribution in [0.5, 0.6) is 0 Å². The summed E-state index contributed by atoms with van der Waals surface area (Å²) in [7, 11) is 0. The van der Waals surface area contributed by atoms with E-state index in [9.17, 15) is 14.4 Å². The molecule has 0 N–H and O–H groups in total. The standard InChI is InChI=1S/C23H28O6/c1-6-16-18(19(25)27-14-15-10-8-7-9-11-15)22(5)13-12-17(24)23(16,29-22)20(26)28-21(2,3)4/h6-11,18H,12-14H2,1-5H3/b16-6+/t18-,22-,23-/m1/s1. The van der Waals surface area contributed by atoms with Crippen molar-refractivity contribution in [3.63, 3.8) is 0 Å². The van der Waals surface area contributed by atoms with Gasteiger partial charge >= 0.3 is 11.9 Å². The van der Waals surface area contributed by atoms with E-state index in [1.807, 2.05) is 30.3 Å². The summed E-state index contributed by atoms with van der Waals surface area (Å²) in [6.07, 6.45) is 2.08. The summed E-state index contributed by atoms with van der Waals surface area (Å²) in [4.78, 5) is 39.1. The highest BCUT2D eigenvalue weighted by Gasteiger charge is 2.70. The van der Waals surface area contributed by atoms with E-state index in [-0.39, 0.29) is 18.8 Å². The molecule has 2 heterocycles. The maximum Gasteiger partial charge on any atom is 0.351 e. The van der Waals surface area contributed by atoms with Crippen molar-refractivity contribution in [3.8, 4) is 0 Å². The lowest BCUT2D eigenvalue weighted by Gasteiger charge is -2.37. The Bertz CT molecular complexity index is 850. The number of fused-ring (bicyclic) bond motifs is 2. The highest BCUT2D eigenvalue weighted by atomic mass is 16.6. The smallest absolute Gasteiger partial charge is 0.351 e. The second-order valence-electron chi connectivity index (χ2n) is 8.79. The Hall–Kier alpha value is -2.47. The molecular weight excluding hydrogens is 372 g/mol. The van der Waals surface area contributed by atoms with Crippen molar-refractivity contribution in [2.75, 3.05) is 0 Å². The third kappa shape index (κ3) is 3.73. The van der Waals surface area contributed by atoms with Gasteiger partial charge in [-0.1, -0.05) is 36.4 Å². The van der Waals surface area contributed by atoms with E-state index in [1.165, 1.54) is 0 Å². The molecule has 3 rings (SSSR count). The molecule has 2 saturated heterocycles. The Morgan fingerprint density at radius 1 is 1.24 bits per heavy atom. The number of carbonyl (C=O) groups is 3. The molecule has 0 aromatic heterocycles. The molecule has 156 valence electrons. The van der Waals surface area contributed by atoms with E-state index in [0.29, 0.717) is 12.0 Å². The first-order valence-corrected chi connectivity index (χ1v) is 9.88. The lowest BCUT2D eigenvalue weighted by Crippen LogP contribution is -2.54. The van der Waals surface area contributed by atoms with Crippen LogP contribution in [0, 0.1) is 5.92 Å². The molecule has 1 aromatic rings. The van der Waals surface area contributed by atoms with Crippen molar-refractivity contribution in [1.82, 2.24) is 0 Å². The van der Waals surface area contributed by atoms with E-state index in [4.69, 9.17) is 14.2 Å². The number of hydrogen-bond acceptors (Lipinski definition) is 6. The second-order valence-corrected chi connectivity index (χ2v) is 8.79. The first-order chi connectivity index (χ1) is 13.5. The van der Waals surface area contributed by atoms with Crippen molar-refractivity contribution >= 4 is 17.7 Å². The van der Waals surface area contributed by atoms with Gasteiger partial charge in [0.2, 0.25) is 5.60 Å². The number of rotatable bonds is 4. The van der Waals surface area contributed by atoms with Crippen LogP contribution < -0.4 is 0 Å². The molecular formula is C23H28O6. The third-order valence-electron chi connectivity index (χ3n) is 5.41. The van der Waals surface area contributed by atoms with Crippen molar-refractivity contribution < 1.29 is 28.6 Å². The average Bonchev–Trinajstić information content (AvgIpc) is 2.89. The van der Waals surface area contributed by atoms with Gasteiger partial charge in [-0.15, -0.1) is 0 Å². The lowest BCUT2D eigenvalue weighted by molar-refractivity contribution is -0.198. The molecule has 2 bridgehead atoms. The van der Waals surface area contributed by atoms with Gasteiger partial charge in [-0.05, 0) is 52.2 Å². The molecule has 3 atom stereocenters. The number of ether oxygens (including phenoxy) is 3.